The number of rotatable bonds is 2. The summed E-state index contributed by atoms with van der Waals surface area (Å²) in [7, 11) is 0. The average Bonchev–Trinajstić information content (AvgIpc) is 2.96. The fourth-order valence-electron chi connectivity index (χ4n) is 2.53. The molecule has 0 radical (unpaired) electrons. The van der Waals surface area contributed by atoms with E-state index in [2.05, 4.69) is 56.1 Å². The average molecular weight is 452 g/mol. The van der Waals surface area contributed by atoms with Crippen LogP contribution in [0.25, 0.3) is 20.9 Å². The predicted octanol–water partition coefficient (Wildman–Crippen LogP) is 6.38. The Bertz CT molecular complexity index is 769. The third-order valence-corrected chi connectivity index (χ3v) is 5.92. The summed E-state index contributed by atoms with van der Waals surface area (Å²) in [5, 5.41) is 0. The predicted molar refractivity (Wildman–Crippen MR) is 102 cm³/mol. The topological polar surface area (TPSA) is 18.5 Å². The first-order valence-corrected chi connectivity index (χ1v) is 9.57. The summed E-state index contributed by atoms with van der Waals surface area (Å²) >= 11 is 8.68. The minimum absolute atomic E-state index is 0.590. The molecule has 1 aromatic heterocycles. The number of fused-ring (bicyclic) bond motifs is 1. The maximum atomic E-state index is 5.93. The minimum Gasteiger partial charge on any atom is -0.485 e. The van der Waals surface area contributed by atoms with Crippen LogP contribution in [0.1, 0.15) is 0 Å². The van der Waals surface area contributed by atoms with Gasteiger partial charge in [0, 0.05) is 8.95 Å². The van der Waals surface area contributed by atoms with Crippen molar-refractivity contribution in [3.8, 4) is 32.4 Å². The van der Waals surface area contributed by atoms with Crippen LogP contribution in [0, 0.1) is 0 Å². The summed E-state index contributed by atoms with van der Waals surface area (Å²) in [6.07, 6.45) is 0. The molecule has 5 heteroatoms. The highest BCUT2D eigenvalue weighted by atomic mass is 79.9. The van der Waals surface area contributed by atoms with E-state index in [1.54, 1.807) is 11.3 Å². The second-order valence-electron chi connectivity index (χ2n) is 5.13. The van der Waals surface area contributed by atoms with Gasteiger partial charge in [-0.15, -0.1) is 11.3 Å². The zero-order chi connectivity index (χ0) is 15.8. The van der Waals surface area contributed by atoms with Crippen molar-refractivity contribution < 1.29 is 9.47 Å². The maximum Gasteiger partial charge on any atom is 0.180 e. The highest BCUT2D eigenvalue weighted by Crippen LogP contribution is 2.53. The second kappa shape index (κ2) is 6.30. The highest BCUT2D eigenvalue weighted by Gasteiger charge is 2.26. The molecule has 0 N–H and O–H groups in total. The van der Waals surface area contributed by atoms with Crippen molar-refractivity contribution in [2.75, 3.05) is 13.2 Å². The lowest BCUT2D eigenvalue weighted by Gasteiger charge is -2.17. The maximum absolute atomic E-state index is 5.93. The summed E-state index contributed by atoms with van der Waals surface area (Å²) in [4.78, 5) is 2.23. The van der Waals surface area contributed by atoms with Crippen molar-refractivity contribution in [1.29, 1.82) is 0 Å². The van der Waals surface area contributed by atoms with Crippen molar-refractivity contribution in [3.05, 3.63) is 57.5 Å². The van der Waals surface area contributed by atoms with Crippen molar-refractivity contribution in [3.63, 3.8) is 0 Å². The molecule has 0 spiro atoms. The van der Waals surface area contributed by atoms with Crippen molar-refractivity contribution in [2.45, 2.75) is 0 Å². The zero-order valence-corrected chi connectivity index (χ0v) is 16.0. The largest absolute Gasteiger partial charge is 0.485 e. The Balaban J connectivity index is 1.87. The molecule has 3 aromatic rings. The van der Waals surface area contributed by atoms with Gasteiger partial charge < -0.3 is 9.47 Å². The Morgan fingerprint density at radius 2 is 1.04 bits per heavy atom. The SMILES string of the molecule is Brc1ccc(-c2sc(-c3ccc(Br)cc3)c3c2OCCO3)cc1. The molecule has 0 bridgehead atoms. The number of thiophene rings is 1. The van der Waals surface area contributed by atoms with Gasteiger partial charge in [-0.05, 0) is 35.4 Å². The van der Waals surface area contributed by atoms with Gasteiger partial charge in [0.25, 0.3) is 0 Å². The summed E-state index contributed by atoms with van der Waals surface area (Å²) in [5.74, 6) is 1.72. The smallest absolute Gasteiger partial charge is 0.180 e. The molecule has 0 atom stereocenters. The number of hydrogen-bond acceptors (Lipinski definition) is 3. The van der Waals surface area contributed by atoms with Crippen LogP contribution in [-0.2, 0) is 0 Å². The minimum atomic E-state index is 0.590. The van der Waals surface area contributed by atoms with Crippen LogP contribution in [0.4, 0.5) is 0 Å². The van der Waals surface area contributed by atoms with E-state index in [0.29, 0.717) is 13.2 Å². The molecule has 116 valence electrons. The van der Waals surface area contributed by atoms with Crippen LogP contribution in [-0.4, -0.2) is 13.2 Å². The first-order valence-electron chi connectivity index (χ1n) is 7.16. The van der Waals surface area contributed by atoms with Crippen LogP contribution < -0.4 is 9.47 Å². The van der Waals surface area contributed by atoms with Gasteiger partial charge in [-0.3, -0.25) is 0 Å². The van der Waals surface area contributed by atoms with Gasteiger partial charge in [0.05, 0.1) is 9.75 Å². The molecular weight excluding hydrogens is 440 g/mol. The summed E-state index contributed by atoms with van der Waals surface area (Å²) < 4.78 is 14.0. The molecule has 2 heterocycles. The van der Waals surface area contributed by atoms with E-state index < -0.39 is 0 Å². The molecule has 1 aliphatic rings. The second-order valence-corrected chi connectivity index (χ2v) is 7.98. The summed E-state index contributed by atoms with van der Waals surface area (Å²) in [6, 6.07) is 16.6. The molecule has 2 nitrogen and oxygen atoms in total. The number of benzene rings is 2. The molecule has 0 unspecified atom stereocenters. The Kier molecular flexibility index (Phi) is 4.18. The highest BCUT2D eigenvalue weighted by molar-refractivity contribution is 9.10. The number of ether oxygens (including phenoxy) is 2. The van der Waals surface area contributed by atoms with E-state index in [0.717, 1.165) is 41.3 Å². The van der Waals surface area contributed by atoms with Crippen molar-refractivity contribution in [2.24, 2.45) is 0 Å². The van der Waals surface area contributed by atoms with Crippen LogP contribution >= 0.6 is 43.2 Å². The van der Waals surface area contributed by atoms with Crippen LogP contribution in [0.3, 0.4) is 0 Å². The van der Waals surface area contributed by atoms with E-state index in [1.807, 2.05) is 24.3 Å². The van der Waals surface area contributed by atoms with Crippen LogP contribution in [0.5, 0.6) is 11.5 Å². The van der Waals surface area contributed by atoms with Gasteiger partial charge in [-0.2, -0.15) is 0 Å². The van der Waals surface area contributed by atoms with E-state index in [9.17, 15) is 0 Å². The molecule has 23 heavy (non-hydrogen) atoms. The Morgan fingerprint density at radius 3 is 1.43 bits per heavy atom. The Hall–Kier alpha value is -1.30. The zero-order valence-electron chi connectivity index (χ0n) is 12.0. The molecule has 0 saturated heterocycles. The normalized spacial score (nSPS) is 13.1. The Morgan fingerprint density at radius 1 is 0.652 bits per heavy atom. The lowest BCUT2D eigenvalue weighted by atomic mass is 10.1. The van der Waals surface area contributed by atoms with Gasteiger partial charge in [0.2, 0.25) is 0 Å². The van der Waals surface area contributed by atoms with Crippen LogP contribution in [0.2, 0.25) is 0 Å². The molecule has 1 aliphatic heterocycles. The van der Waals surface area contributed by atoms with E-state index >= 15 is 0 Å². The lowest BCUT2D eigenvalue weighted by Crippen LogP contribution is -2.14. The molecule has 0 aliphatic carbocycles. The molecule has 2 aromatic carbocycles. The van der Waals surface area contributed by atoms with E-state index in [1.165, 1.54) is 0 Å². The van der Waals surface area contributed by atoms with Crippen molar-refractivity contribution in [1.82, 2.24) is 0 Å². The van der Waals surface area contributed by atoms with Gasteiger partial charge in [0.1, 0.15) is 13.2 Å². The van der Waals surface area contributed by atoms with Gasteiger partial charge in [-0.25, -0.2) is 0 Å². The summed E-state index contributed by atoms with van der Waals surface area (Å²) in [6.45, 7) is 1.18. The Labute approximate surface area is 155 Å². The monoisotopic (exact) mass is 450 g/mol. The number of hydrogen-bond donors (Lipinski definition) is 0. The summed E-state index contributed by atoms with van der Waals surface area (Å²) in [5.41, 5.74) is 2.28. The van der Waals surface area contributed by atoms with E-state index in [4.69, 9.17) is 9.47 Å². The fourth-order valence-corrected chi connectivity index (χ4v) is 4.26. The van der Waals surface area contributed by atoms with Crippen LogP contribution in [0.15, 0.2) is 57.5 Å². The van der Waals surface area contributed by atoms with E-state index in [-0.39, 0.29) is 0 Å². The quantitative estimate of drug-likeness (QED) is 0.450. The molecule has 0 amide bonds. The van der Waals surface area contributed by atoms with Gasteiger partial charge in [-0.1, -0.05) is 56.1 Å². The van der Waals surface area contributed by atoms with Gasteiger partial charge in [0.15, 0.2) is 11.5 Å². The third-order valence-electron chi connectivity index (χ3n) is 3.61. The fraction of sp³-hybridized carbons (Fsp3) is 0.111. The number of halogens is 2. The van der Waals surface area contributed by atoms with Crippen molar-refractivity contribution >= 4 is 43.2 Å². The molecule has 0 saturated carbocycles. The molecule has 0 fully saturated rings. The standard InChI is InChI=1S/C18H12Br2O2S/c19-13-5-1-11(2-6-13)17-15-16(22-10-9-21-15)18(23-17)12-3-7-14(20)8-4-12/h1-8H,9-10H2. The third kappa shape index (κ3) is 2.93. The molecular formula is C18H12Br2O2S. The molecule has 4 rings (SSSR count). The first kappa shape index (κ1) is 15.2. The first-order chi connectivity index (χ1) is 11.2. The van der Waals surface area contributed by atoms with Gasteiger partial charge >= 0.3 is 0 Å². The lowest BCUT2D eigenvalue weighted by molar-refractivity contribution is 0.175.